The fourth-order valence-electron chi connectivity index (χ4n) is 2.63. The summed E-state index contributed by atoms with van der Waals surface area (Å²) in [4.78, 5) is 4.30. The summed E-state index contributed by atoms with van der Waals surface area (Å²) in [6, 6.07) is 9.78. The molecule has 1 fully saturated rings. The summed E-state index contributed by atoms with van der Waals surface area (Å²) in [5.41, 5.74) is 3.47. The van der Waals surface area contributed by atoms with Crippen LogP contribution in [0.5, 0.6) is 5.75 Å². The lowest BCUT2D eigenvalue weighted by molar-refractivity contribution is 0.346. The topological polar surface area (TPSA) is 94.9 Å². The van der Waals surface area contributed by atoms with Crippen molar-refractivity contribution in [3.05, 3.63) is 48.2 Å². The van der Waals surface area contributed by atoms with Gasteiger partial charge in [-0.05, 0) is 42.7 Å². The Bertz CT molecular complexity index is 844. The number of sulfonamides is 1. The molecule has 0 aliphatic carbocycles. The number of nitrogens with zero attached hydrogens (tertiary/aromatic N) is 3. The van der Waals surface area contributed by atoms with Crippen LogP contribution in [0.15, 0.2) is 52.6 Å². The second-order valence-corrected chi connectivity index (χ2v) is 7.75. The van der Waals surface area contributed by atoms with Crippen molar-refractivity contribution in [1.29, 1.82) is 0 Å². The Balaban J connectivity index is 1.65. The van der Waals surface area contributed by atoms with E-state index in [4.69, 9.17) is 0 Å². The van der Waals surface area contributed by atoms with Gasteiger partial charge in [0.25, 0.3) is 0 Å². The van der Waals surface area contributed by atoms with Crippen LogP contribution in [-0.2, 0) is 10.0 Å². The van der Waals surface area contributed by atoms with E-state index in [-0.39, 0.29) is 10.6 Å². The fourth-order valence-corrected chi connectivity index (χ4v) is 4.09. The zero-order chi connectivity index (χ0) is 17.7. The first kappa shape index (κ1) is 17.4. The van der Waals surface area contributed by atoms with Crippen LogP contribution in [0, 0.1) is 0 Å². The van der Waals surface area contributed by atoms with Crippen LogP contribution in [-0.4, -0.2) is 42.1 Å². The zero-order valence-electron chi connectivity index (χ0n) is 13.7. The summed E-state index contributed by atoms with van der Waals surface area (Å²) in [5, 5.41) is 13.4. The molecule has 0 radical (unpaired) electrons. The van der Waals surface area contributed by atoms with E-state index in [1.807, 2.05) is 0 Å². The molecular formula is C17H20N4O3S. The van der Waals surface area contributed by atoms with Crippen molar-refractivity contribution in [1.82, 2.24) is 9.29 Å². The van der Waals surface area contributed by atoms with Gasteiger partial charge in [-0.25, -0.2) is 13.4 Å². The third-order valence-corrected chi connectivity index (χ3v) is 5.83. The van der Waals surface area contributed by atoms with E-state index < -0.39 is 10.0 Å². The van der Waals surface area contributed by atoms with E-state index in [1.54, 1.807) is 36.5 Å². The summed E-state index contributed by atoms with van der Waals surface area (Å²) in [6.45, 7) is 1.13. The van der Waals surface area contributed by atoms with Gasteiger partial charge in [0.2, 0.25) is 10.0 Å². The molecule has 3 rings (SSSR count). The number of hydrogen-bond donors (Lipinski definition) is 2. The first-order valence-electron chi connectivity index (χ1n) is 8.10. The Kier molecular flexibility index (Phi) is 5.30. The average molecular weight is 360 g/mol. The van der Waals surface area contributed by atoms with Gasteiger partial charge in [-0.1, -0.05) is 18.6 Å². The first-order valence-corrected chi connectivity index (χ1v) is 9.54. The van der Waals surface area contributed by atoms with Crippen molar-refractivity contribution in [3.63, 3.8) is 0 Å². The number of aromatic nitrogens is 1. The lowest BCUT2D eigenvalue weighted by Gasteiger charge is -2.25. The number of aromatic hydroxyl groups is 1. The lowest BCUT2D eigenvalue weighted by atomic mass is 10.2. The van der Waals surface area contributed by atoms with Gasteiger partial charge in [0, 0.05) is 19.3 Å². The van der Waals surface area contributed by atoms with Crippen LogP contribution >= 0.6 is 0 Å². The summed E-state index contributed by atoms with van der Waals surface area (Å²) in [6.07, 6.45) is 5.76. The molecule has 2 aromatic rings. The molecule has 1 aromatic carbocycles. The van der Waals surface area contributed by atoms with Crippen molar-refractivity contribution in [2.24, 2.45) is 5.10 Å². The van der Waals surface area contributed by atoms with Crippen LogP contribution in [0.3, 0.4) is 0 Å². The van der Waals surface area contributed by atoms with Gasteiger partial charge < -0.3 is 5.11 Å². The van der Waals surface area contributed by atoms with Crippen molar-refractivity contribution in [2.45, 2.75) is 24.2 Å². The molecule has 1 aromatic heterocycles. The second-order valence-electron chi connectivity index (χ2n) is 5.81. The molecule has 132 valence electrons. The molecule has 8 heteroatoms. The molecule has 0 atom stereocenters. The van der Waals surface area contributed by atoms with Crippen LogP contribution in [0.1, 0.15) is 24.8 Å². The Hall–Kier alpha value is -2.45. The SMILES string of the molecule is O=S(=O)(c1ccc(NN=Cc2cccc(O)c2)nc1)N1CCCCC1. The number of piperidine rings is 1. The van der Waals surface area contributed by atoms with E-state index in [0.29, 0.717) is 18.9 Å². The molecule has 1 saturated heterocycles. The van der Waals surface area contributed by atoms with Gasteiger partial charge >= 0.3 is 0 Å². The number of hydrazone groups is 1. The van der Waals surface area contributed by atoms with Crippen molar-refractivity contribution in [2.75, 3.05) is 18.5 Å². The van der Waals surface area contributed by atoms with Gasteiger partial charge in [0.05, 0.1) is 6.21 Å². The Labute approximate surface area is 147 Å². The molecule has 1 aliphatic rings. The van der Waals surface area contributed by atoms with Crippen molar-refractivity contribution < 1.29 is 13.5 Å². The highest BCUT2D eigenvalue weighted by atomic mass is 32.2. The van der Waals surface area contributed by atoms with E-state index in [1.165, 1.54) is 16.6 Å². The minimum Gasteiger partial charge on any atom is -0.508 e. The van der Waals surface area contributed by atoms with Crippen molar-refractivity contribution >= 4 is 22.1 Å². The predicted octanol–water partition coefficient (Wildman–Crippen LogP) is 2.41. The number of benzene rings is 1. The summed E-state index contributed by atoms with van der Waals surface area (Å²) in [5.74, 6) is 0.600. The monoisotopic (exact) mass is 360 g/mol. The van der Waals surface area contributed by atoms with Crippen molar-refractivity contribution in [3.8, 4) is 5.75 Å². The standard InChI is InChI=1S/C17H20N4O3S/c22-15-6-4-5-14(11-15)12-19-20-17-8-7-16(13-18-17)25(23,24)21-9-2-1-3-10-21/h4-8,11-13,22H,1-3,9-10H2,(H,18,20). The number of pyridine rings is 1. The summed E-state index contributed by atoms with van der Waals surface area (Å²) in [7, 11) is -3.47. The van der Waals surface area contributed by atoms with Gasteiger partial charge in [0.15, 0.2) is 0 Å². The van der Waals surface area contributed by atoms with E-state index >= 15 is 0 Å². The highest BCUT2D eigenvalue weighted by Crippen LogP contribution is 2.20. The maximum atomic E-state index is 12.5. The number of rotatable bonds is 5. The number of phenols is 1. The largest absolute Gasteiger partial charge is 0.508 e. The number of nitrogens with one attached hydrogen (secondary N) is 1. The van der Waals surface area contributed by atoms with Gasteiger partial charge in [-0.2, -0.15) is 9.41 Å². The molecule has 2 N–H and O–H groups in total. The Morgan fingerprint density at radius 3 is 2.64 bits per heavy atom. The quantitative estimate of drug-likeness (QED) is 0.631. The molecular weight excluding hydrogens is 340 g/mol. The maximum absolute atomic E-state index is 12.5. The molecule has 2 heterocycles. The van der Waals surface area contributed by atoms with E-state index in [0.717, 1.165) is 24.8 Å². The van der Waals surface area contributed by atoms with Crippen LogP contribution < -0.4 is 5.43 Å². The van der Waals surface area contributed by atoms with Crippen LogP contribution in [0.2, 0.25) is 0 Å². The molecule has 7 nitrogen and oxygen atoms in total. The number of anilines is 1. The number of phenolic OH excluding ortho intramolecular Hbond substituents is 1. The van der Waals surface area contributed by atoms with Gasteiger partial charge in [-0.15, -0.1) is 0 Å². The van der Waals surface area contributed by atoms with Crippen LogP contribution in [0.25, 0.3) is 0 Å². The Morgan fingerprint density at radius 2 is 1.96 bits per heavy atom. The molecule has 0 unspecified atom stereocenters. The second kappa shape index (κ2) is 7.62. The highest BCUT2D eigenvalue weighted by Gasteiger charge is 2.25. The number of hydrogen-bond acceptors (Lipinski definition) is 6. The third kappa shape index (κ3) is 4.34. The van der Waals surface area contributed by atoms with Crippen LogP contribution in [0.4, 0.5) is 5.82 Å². The molecule has 0 saturated carbocycles. The molecule has 0 spiro atoms. The molecule has 0 amide bonds. The van der Waals surface area contributed by atoms with E-state index in [9.17, 15) is 13.5 Å². The minimum atomic E-state index is -3.47. The van der Waals surface area contributed by atoms with E-state index in [2.05, 4.69) is 15.5 Å². The third-order valence-electron chi connectivity index (χ3n) is 3.95. The maximum Gasteiger partial charge on any atom is 0.244 e. The van der Waals surface area contributed by atoms with Gasteiger partial charge in [0.1, 0.15) is 16.5 Å². The fraction of sp³-hybridized carbons (Fsp3) is 0.294. The average Bonchev–Trinajstić information content (AvgIpc) is 2.63. The minimum absolute atomic E-state index is 0.161. The summed E-state index contributed by atoms with van der Waals surface area (Å²) < 4.78 is 26.6. The molecule has 1 aliphatic heterocycles. The molecule has 25 heavy (non-hydrogen) atoms. The first-order chi connectivity index (χ1) is 12.1. The summed E-state index contributed by atoms with van der Waals surface area (Å²) >= 11 is 0. The predicted molar refractivity (Wildman–Crippen MR) is 96.2 cm³/mol. The normalized spacial score (nSPS) is 16.2. The highest BCUT2D eigenvalue weighted by molar-refractivity contribution is 7.89. The van der Waals surface area contributed by atoms with Gasteiger partial charge in [-0.3, -0.25) is 5.43 Å². The molecule has 0 bridgehead atoms. The Morgan fingerprint density at radius 1 is 1.16 bits per heavy atom. The zero-order valence-corrected chi connectivity index (χ0v) is 14.5. The lowest BCUT2D eigenvalue weighted by Crippen LogP contribution is -2.35. The smallest absolute Gasteiger partial charge is 0.244 e.